The summed E-state index contributed by atoms with van der Waals surface area (Å²) in [6.45, 7) is 1.77. The van der Waals surface area contributed by atoms with E-state index in [1.54, 1.807) is 13.1 Å². The molecule has 0 spiro atoms. The second kappa shape index (κ2) is 7.71. The minimum absolute atomic E-state index is 0.153. The minimum atomic E-state index is 0.153. The lowest BCUT2D eigenvalue weighted by atomic mass is 9.91. The molecule has 8 nitrogen and oxygen atoms in total. The molecular weight excluding hydrogens is 342 g/mol. The van der Waals surface area contributed by atoms with Crippen LogP contribution < -0.4 is 16.4 Å². The Labute approximate surface area is 157 Å². The highest BCUT2D eigenvalue weighted by Crippen LogP contribution is 2.22. The Kier molecular flexibility index (Phi) is 4.97. The van der Waals surface area contributed by atoms with Gasteiger partial charge in [-0.1, -0.05) is 18.0 Å². The fourth-order valence-corrected chi connectivity index (χ4v) is 3.27. The number of rotatable bonds is 5. The Morgan fingerprint density at radius 3 is 2.63 bits per heavy atom. The molecule has 2 heterocycles. The zero-order chi connectivity index (χ0) is 18.6. The van der Waals surface area contributed by atoms with E-state index in [-0.39, 0.29) is 12.1 Å². The summed E-state index contributed by atoms with van der Waals surface area (Å²) in [5.41, 5.74) is 8.01. The average Bonchev–Trinajstić information content (AvgIpc) is 3.11. The predicted molar refractivity (Wildman–Crippen MR) is 104 cm³/mol. The van der Waals surface area contributed by atoms with Crippen molar-refractivity contribution in [1.29, 1.82) is 0 Å². The summed E-state index contributed by atoms with van der Waals surface area (Å²) in [4.78, 5) is 13.1. The van der Waals surface area contributed by atoms with Crippen molar-refractivity contribution < 1.29 is 4.52 Å². The predicted octanol–water partition coefficient (Wildman–Crippen LogP) is 3.26. The van der Waals surface area contributed by atoms with E-state index < -0.39 is 0 Å². The maximum Gasteiger partial charge on any atom is 0.224 e. The molecule has 1 aliphatic rings. The number of hydrogen-bond acceptors (Lipinski definition) is 8. The van der Waals surface area contributed by atoms with E-state index in [1.807, 2.05) is 30.3 Å². The third kappa shape index (κ3) is 4.22. The molecule has 27 heavy (non-hydrogen) atoms. The lowest BCUT2D eigenvalue weighted by molar-refractivity contribution is 0.394. The SMILES string of the molecule is Cc1nc(-c2ccc(Nc3ccnc(N[C@@H]4CCCC[C@@H]4N)n3)cc2)no1. The van der Waals surface area contributed by atoms with Gasteiger partial charge < -0.3 is 20.9 Å². The molecule has 1 aromatic carbocycles. The Morgan fingerprint density at radius 2 is 1.89 bits per heavy atom. The van der Waals surface area contributed by atoms with Crippen LogP contribution in [0.5, 0.6) is 0 Å². The molecule has 3 aromatic rings. The number of nitrogens with zero attached hydrogens (tertiary/aromatic N) is 4. The third-order valence-electron chi connectivity index (χ3n) is 4.73. The van der Waals surface area contributed by atoms with Crippen LogP contribution in [0.4, 0.5) is 17.5 Å². The topological polar surface area (TPSA) is 115 Å². The van der Waals surface area contributed by atoms with Crippen molar-refractivity contribution in [2.45, 2.75) is 44.7 Å². The lowest BCUT2D eigenvalue weighted by Crippen LogP contribution is -2.42. The van der Waals surface area contributed by atoms with E-state index in [2.05, 4.69) is 30.7 Å². The summed E-state index contributed by atoms with van der Waals surface area (Å²) in [6, 6.07) is 10.00. The maximum absolute atomic E-state index is 6.20. The highest BCUT2D eigenvalue weighted by atomic mass is 16.5. The summed E-state index contributed by atoms with van der Waals surface area (Å²) < 4.78 is 5.02. The first-order valence-corrected chi connectivity index (χ1v) is 9.20. The van der Waals surface area contributed by atoms with Crippen molar-refractivity contribution in [3.63, 3.8) is 0 Å². The Bertz CT molecular complexity index is 893. The zero-order valence-corrected chi connectivity index (χ0v) is 15.2. The Morgan fingerprint density at radius 1 is 1.07 bits per heavy atom. The van der Waals surface area contributed by atoms with Crippen molar-refractivity contribution in [1.82, 2.24) is 20.1 Å². The molecule has 0 aliphatic heterocycles. The molecule has 2 aromatic heterocycles. The molecule has 1 aliphatic carbocycles. The number of aromatic nitrogens is 4. The summed E-state index contributed by atoms with van der Waals surface area (Å²) in [7, 11) is 0. The first kappa shape index (κ1) is 17.4. The molecule has 0 unspecified atom stereocenters. The summed E-state index contributed by atoms with van der Waals surface area (Å²) in [6.07, 6.45) is 6.22. The highest BCUT2D eigenvalue weighted by Gasteiger charge is 2.22. The summed E-state index contributed by atoms with van der Waals surface area (Å²) in [5, 5.41) is 10.6. The average molecular weight is 365 g/mol. The monoisotopic (exact) mass is 365 g/mol. The van der Waals surface area contributed by atoms with Gasteiger partial charge in [0.2, 0.25) is 17.7 Å². The van der Waals surface area contributed by atoms with Gasteiger partial charge >= 0.3 is 0 Å². The summed E-state index contributed by atoms with van der Waals surface area (Å²) in [5.74, 6) is 2.45. The highest BCUT2D eigenvalue weighted by molar-refractivity contribution is 5.63. The van der Waals surface area contributed by atoms with Crippen LogP contribution in [0, 0.1) is 6.92 Å². The molecule has 4 rings (SSSR count). The molecule has 4 N–H and O–H groups in total. The summed E-state index contributed by atoms with van der Waals surface area (Å²) >= 11 is 0. The second-order valence-electron chi connectivity index (χ2n) is 6.80. The van der Waals surface area contributed by atoms with Gasteiger partial charge in [-0.2, -0.15) is 9.97 Å². The quantitative estimate of drug-likeness (QED) is 0.631. The first-order chi connectivity index (χ1) is 13.2. The third-order valence-corrected chi connectivity index (χ3v) is 4.73. The second-order valence-corrected chi connectivity index (χ2v) is 6.80. The number of aryl methyl sites for hydroxylation is 1. The van der Waals surface area contributed by atoms with Crippen LogP contribution in [-0.2, 0) is 0 Å². The van der Waals surface area contributed by atoms with Crippen LogP contribution in [0.15, 0.2) is 41.1 Å². The van der Waals surface area contributed by atoms with Crippen LogP contribution in [0.2, 0.25) is 0 Å². The number of anilines is 3. The van der Waals surface area contributed by atoms with Gasteiger partial charge in [0.15, 0.2) is 0 Å². The number of benzene rings is 1. The molecular formula is C19H23N7O. The minimum Gasteiger partial charge on any atom is -0.350 e. The molecule has 0 amide bonds. The van der Waals surface area contributed by atoms with Gasteiger partial charge in [0.05, 0.1) is 0 Å². The van der Waals surface area contributed by atoms with E-state index in [9.17, 15) is 0 Å². The largest absolute Gasteiger partial charge is 0.350 e. The molecule has 8 heteroatoms. The van der Waals surface area contributed by atoms with Gasteiger partial charge in [-0.3, -0.25) is 0 Å². The maximum atomic E-state index is 6.20. The van der Waals surface area contributed by atoms with Gasteiger partial charge in [0, 0.05) is 36.5 Å². The molecule has 0 bridgehead atoms. The van der Waals surface area contributed by atoms with Crippen LogP contribution in [-0.4, -0.2) is 32.2 Å². The normalized spacial score (nSPS) is 19.6. The van der Waals surface area contributed by atoms with Crippen LogP contribution in [0.3, 0.4) is 0 Å². The molecule has 1 fully saturated rings. The molecule has 1 saturated carbocycles. The van der Waals surface area contributed by atoms with Gasteiger partial charge in [-0.05, 0) is 43.2 Å². The van der Waals surface area contributed by atoms with Gasteiger partial charge in [0.1, 0.15) is 5.82 Å². The van der Waals surface area contributed by atoms with Crippen molar-refractivity contribution in [3.8, 4) is 11.4 Å². The van der Waals surface area contributed by atoms with E-state index in [0.717, 1.165) is 29.9 Å². The van der Waals surface area contributed by atoms with Gasteiger partial charge in [-0.15, -0.1) is 0 Å². The van der Waals surface area contributed by atoms with Crippen LogP contribution >= 0.6 is 0 Å². The van der Waals surface area contributed by atoms with Gasteiger partial charge in [-0.25, -0.2) is 4.98 Å². The lowest BCUT2D eigenvalue weighted by Gasteiger charge is -2.29. The molecule has 0 saturated heterocycles. The van der Waals surface area contributed by atoms with E-state index >= 15 is 0 Å². The number of nitrogens with one attached hydrogen (secondary N) is 2. The Balaban J connectivity index is 1.43. The van der Waals surface area contributed by atoms with Gasteiger partial charge in [0.25, 0.3) is 0 Å². The number of nitrogens with two attached hydrogens (primary N) is 1. The fraction of sp³-hybridized carbons (Fsp3) is 0.368. The van der Waals surface area contributed by atoms with E-state index in [1.165, 1.54) is 12.8 Å². The standard InChI is InChI=1S/C19H23N7O/c1-12-22-18(26-27-12)13-6-8-14(9-7-13)23-17-10-11-21-19(25-17)24-16-5-3-2-4-15(16)20/h6-11,15-16H,2-5,20H2,1H3,(H2,21,23,24,25)/t15-,16+/m0/s1. The molecule has 140 valence electrons. The smallest absolute Gasteiger partial charge is 0.224 e. The van der Waals surface area contributed by atoms with Crippen molar-refractivity contribution >= 4 is 17.5 Å². The fourth-order valence-electron chi connectivity index (χ4n) is 3.27. The number of hydrogen-bond donors (Lipinski definition) is 3. The molecule has 0 radical (unpaired) electrons. The van der Waals surface area contributed by atoms with Crippen LogP contribution in [0.1, 0.15) is 31.6 Å². The zero-order valence-electron chi connectivity index (χ0n) is 15.2. The van der Waals surface area contributed by atoms with E-state index in [0.29, 0.717) is 17.7 Å². The van der Waals surface area contributed by atoms with Crippen molar-refractivity contribution in [2.24, 2.45) is 5.73 Å². The van der Waals surface area contributed by atoms with Crippen molar-refractivity contribution in [2.75, 3.05) is 10.6 Å². The van der Waals surface area contributed by atoms with Crippen LogP contribution in [0.25, 0.3) is 11.4 Å². The first-order valence-electron chi connectivity index (χ1n) is 9.20. The van der Waals surface area contributed by atoms with Crippen molar-refractivity contribution in [3.05, 3.63) is 42.4 Å². The molecule has 2 atom stereocenters. The van der Waals surface area contributed by atoms with E-state index in [4.69, 9.17) is 10.3 Å². The Hall–Kier alpha value is -3.00.